The standard InChI is InChI=1S/C21H22N4O2S/c1-27-19-10-6-5-9-17(19)23-11-13-24(14-12-23)20(26)18-15-22-21(28)25(18)16-7-3-2-4-8-16/h2-10,15H,11-14H2,1H3,(H,22,28). The summed E-state index contributed by atoms with van der Waals surface area (Å²) >= 11 is 5.40. The summed E-state index contributed by atoms with van der Waals surface area (Å²) in [5.74, 6) is 0.835. The monoisotopic (exact) mass is 394 g/mol. The van der Waals surface area contributed by atoms with Crippen molar-refractivity contribution in [3.8, 4) is 11.4 Å². The Morgan fingerprint density at radius 3 is 2.39 bits per heavy atom. The Hall–Kier alpha value is -3.06. The zero-order valence-corrected chi connectivity index (χ0v) is 16.5. The average Bonchev–Trinajstić information content (AvgIpc) is 3.15. The number of methoxy groups -OCH3 is 1. The number of anilines is 1. The largest absolute Gasteiger partial charge is 0.495 e. The summed E-state index contributed by atoms with van der Waals surface area (Å²) in [6, 6.07) is 17.7. The van der Waals surface area contributed by atoms with Crippen molar-refractivity contribution >= 4 is 23.8 Å². The minimum absolute atomic E-state index is 0.0177. The van der Waals surface area contributed by atoms with Crippen molar-refractivity contribution in [3.05, 3.63) is 71.3 Å². The van der Waals surface area contributed by atoms with Gasteiger partial charge in [0.05, 0.1) is 12.8 Å². The average molecular weight is 395 g/mol. The molecule has 0 spiro atoms. The number of ether oxygens (including phenoxy) is 1. The Kier molecular flexibility index (Phi) is 5.16. The van der Waals surface area contributed by atoms with Gasteiger partial charge in [-0.2, -0.15) is 0 Å². The van der Waals surface area contributed by atoms with Crippen LogP contribution in [0.15, 0.2) is 60.8 Å². The van der Waals surface area contributed by atoms with Crippen molar-refractivity contribution in [1.29, 1.82) is 0 Å². The molecule has 0 aliphatic carbocycles. The smallest absolute Gasteiger partial charge is 0.272 e. The fourth-order valence-corrected chi connectivity index (χ4v) is 3.83. The van der Waals surface area contributed by atoms with Crippen molar-refractivity contribution in [2.24, 2.45) is 0 Å². The number of H-pyrrole nitrogens is 1. The Morgan fingerprint density at radius 1 is 1.00 bits per heavy atom. The van der Waals surface area contributed by atoms with Crippen LogP contribution in [0.3, 0.4) is 0 Å². The number of carbonyl (C=O) groups excluding carboxylic acids is 1. The first kappa shape index (κ1) is 18.3. The molecule has 1 fully saturated rings. The molecule has 0 unspecified atom stereocenters. The van der Waals surface area contributed by atoms with Gasteiger partial charge >= 0.3 is 0 Å². The fourth-order valence-electron chi connectivity index (χ4n) is 3.56. The van der Waals surface area contributed by atoms with E-state index in [1.165, 1.54) is 0 Å². The normalized spacial score (nSPS) is 14.2. The summed E-state index contributed by atoms with van der Waals surface area (Å²) in [6.45, 7) is 2.79. The number of aromatic nitrogens is 2. The van der Waals surface area contributed by atoms with Gasteiger partial charge in [-0.1, -0.05) is 30.3 Å². The summed E-state index contributed by atoms with van der Waals surface area (Å²) in [5.41, 5.74) is 2.50. The van der Waals surface area contributed by atoms with E-state index in [0.717, 1.165) is 30.2 Å². The number of hydrogen-bond acceptors (Lipinski definition) is 4. The Balaban J connectivity index is 1.52. The lowest BCUT2D eigenvalue weighted by Gasteiger charge is -2.36. The van der Waals surface area contributed by atoms with Gasteiger partial charge in [0.2, 0.25) is 0 Å². The summed E-state index contributed by atoms with van der Waals surface area (Å²) < 4.78 is 7.78. The van der Waals surface area contributed by atoms with Crippen molar-refractivity contribution in [2.45, 2.75) is 0 Å². The minimum Gasteiger partial charge on any atom is -0.495 e. The molecule has 1 aromatic heterocycles. The molecule has 7 heteroatoms. The number of benzene rings is 2. The molecule has 144 valence electrons. The molecule has 0 saturated carbocycles. The van der Waals surface area contributed by atoms with E-state index in [9.17, 15) is 4.79 Å². The van der Waals surface area contributed by atoms with E-state index < -0.39 is 0 Å². The van der Waals surface area contributed by atoms with Crippen LogP contribution < -0.4 is 9.64 Å². The number of amides is 1. The zero-order valence-electron chi connectivity index (χ0n) is 15.7. The molecule has 1 N–H and O–H groups in total. The first-order valence-corrected chi connectivity index (χ1v) is 9.63. The quantitative estimate of drug-likeness (QED) is 0.688. The number of aromatic amines is 1. The molecular weight excluding hydrogens is 372 g/mol. The molecular formula is C21H22N4O2S. The highest BCUT2D eigenvalue weighted by Gasteiger charge is 2.26. The SMILES string of the molecule is COc1ccccc1N1CCN(C(=O)c2c[nH]c(=S)n2-c2ccccc2)CC1. The van der Waals surface area contributed by atoms with E-state index in [-0.39, 0.29) is 5.91 Å². The predicted octanol–water partition coefficient (Wildman–Crippen LogP) is 3.51. The minimum atomic E-state index is -0.0177. The van der Waals surface area contributed by atoms with Gasteiger partial charge in [-0.15, -0.1) is 0 Å². The third-order valence-electron chi connectivity index (χ3n) is 5.00. The van der Waals surface area contributed by atoms with Gasteiger partial charge in [0.25, 0.3) is 5.91 Å². The van der Waals surface area contributed by atoms with Gasteiger partial charge < -0.3 is 19.5 Å². The van der Waals surface area contributed by atoms with Gasteiger partial charge in [-0.05, 0) is 36.5 Å². The molecule has 0 radical (unpaired) electrons. The van der Waals surface area contributed by atoms with Crippen molar-refractivity contribution < 1.29 is 9.53 Å². The van der Waals surface area contributed by atoms with Gasteiger partial charge in [0.1, 0.15) is 11.4 Å². The van der Waals surface area contributed by atoms with Gasteiger partial charge in [0.15, 0.2) is 4.77 Å². The number of hydrogen-bond donors (Lipinski definition) is 1. The molecule has 2 heterocycles. The molecule has 0 atom stereocenters. The highest BCUT2D eigenvalue weighted by atomic mass is 32.1. The van der Waals surface area contributed by atoms with E-state index in [1.54, 1.807) is 17.9 Å². The third kappa shape index (κ3) is 3.41. The van der Waals surface area contributed by atoms with E-state index in [4.69, 9.17) is 17.0 Å². The molecule has 2 aromatic carbocycles. The van der Waals surface area contributed by atoms with E-state index in [0.29, 0.717) is 23.6 Å². The lowest BCUT2D eigenvalue weighted by molar-refractivity contribution is 0.0738. The predicted molar refractivity (Wildman–Crippen MR) is 112 cm³/mol. The number of imidazole rings is 1. The molecule has 0 bridgehead atoms. The number of carbonyl (C=O) groups is 1. The Labute approximate surface area is 169 Å². The highest BCUT2D eigenvalue weighted by Crippen LogP contribution is 2.28. The number of nitrogens with zero attached hydrogens (tertiary/aromatic N) is 3. The third-order valence-corrected chi connectivity index (χ3v) is 5.30. The maximum Gasteiger partial charge on any atom is 0.272 e. The number of rotatable bonds is 4. The van der Waals surface area contributed by atoms with Crippen LogP contribution in [0.25, 0.3) is 5.69 Å². The van der Waals surface area contributed by atoms with Crippen LogP contribution in [0.5, 0.6) is 5.75 Å². The Morgan fingerprint density at radius 2 is 1.68 bits per heavy atom. The van der Waals surface area contributed by atoms with Gasteiger partial charge in [0, 0.05) is 38.1 Å². The molecule has 1 aliphatic heterocycles. The molecule has 28 heavy (non-hydrogen) atoms. The first-order chi connectivity index (χ1) is 13.7. The van der Waals surface area contributed by atoms with E-state index in [1.807, 2.05) is 53.4 Å². The molecule has 1 saturated heterocycles. The summed E-state index contributed by atoms with van der Waals surface area (Å²) in [7, 11) is 1.68. The van der Waals surface area contributed by atoms with Crippen molar-refractivity contribution in [3.63, 3.8) is 0 Å². The number of piperazine rings is 1. The van der Waals surface area contributed by atoms with Crippen LogP contribution in [0.1, 0.15) is 10.5 Å². The van der Waals surface area contributed by atoms with Gasteiger partial charge in [-0.3, -0.25) is 9.36 Å². The first-order valence-electron chi connectivity index (χ1n) is 9.22. The van der Waals surface area contributed by atoms with E-state index in [2.05, 4.69) is 16.0 Å². The summed E-state index contributed by atoms with van der Waals surface area (Å²) in [5, 5.41) is 0. The molecule has 3 aromatic rings. The lowest BCUT2D eigenvalue weighted by atomic mass is 10.2. The summed E-state index contributed by atoms with van der Waals surface area (Å²) in [6.07, 6.45) is 1.70. The van der Waals surface area contributed by atoms with E-state index >= 15 is 0 Å². The second-order valence-corrected chi connectivity index (χ2v) is 6.99. The van der Waals surface area contributed by atoms with Crippen LogP contribution in [0.2, 0.25) is 0 Å². The molecule has 4 rings (SSSR count). The maximum atomic E-state index is 13.2. The number of para-hydroxylation sites is 3. The van der Waals surface area contributed by atoms with Crippen molar-refractivity contribution in [1.82, 2.24) is 14.5 Å². The molecule has 1 aliphatic rings. The summed E-state index contributed by atoms with van der Waals surface area (Å²) in [4.78, 5) is 20.3. The van der Waals surface area contributed by atoms with Crippen LogP contribution >= 0.6 is 12.2 Å². The Bertz CT molecular complexity index is 1020. The fraction of sp³-hybridized carbons (Fsp3) is 0.238. The van der Waals surface area contributed by atoms with Crippen LogP contribution in [-0.2, 0) is 0 Å². The second-order valence-electron chi connectivity index (χ2n) is 6.60. The van der Waals surface area contributed by atoms with Crippen LogP contribution in [0.4, 0.5) is 5.69 Å². The molecule has 1 amide bonds. The number of nitrogens with one attached hydrogen (secondary N) is 1. The maximum absolute atomic E-state index is 13.2. The van der Waals surface area contributed by atoms with Crippen LogP contribution in [-0.4, -0.2) is 53.6 Å². The van der Waals surface area contributed by atoms with Crippen LogP contribution in [0, 0.1) is 4.77 Å². The topological polar surface area (TPSA) is 53.5 Å². The second kappa shape index (κ2) is 7.90. The lowest BCUT2D eigenvalue weighted by Crippen LogP contribution is -2.49. The van der Waals surface area contributed by atoms with Gasteiger partial charge in [-0.25, -0.2) is 0 Å². The highest BCUT2D eigenvalue weighted by molar-refractivity contribution is 7.71. The molecule has 6 nitrogen and oxygen atoms in total. The van der Waals surface area contributed by atoms with Crippen molar-refractivity contribution in [2.75, 3.05) is 38.2 Å². The zero-order chi connectivity index (χ0) is 19.5.